The molecule has 0 aromatic carbocycles. The smallest absolute Gasteiger partial charge is 0.292 e. The lowest BCUT2D eigenvalue weighted by Crippen LogP contribution is -2.34. The van der Waals surface area contributed by atoms with E-state index in [1.807, 2.05) is 6.92 Å². The van der Waals surface area contributed by atoms with Crippen LogP contribution in [0.2, 0.25) is 0 Å². The number of nitro groups is 1. The normalized spacial score (nSPS) is 13.9. The van der Waals surface area contributed by atoms with Crippen molar-refractivity contribution in [3.63, 3.8) is 0 Å². The summed E-state index contributed by atoms with van der Waals surface area (Å²) < 4.78 is 0. The molecule has 0 aromatic heterocycles. The van der Waals surface area contributed by atoms with Gasteiger partial charge in [-0.05, 0) is 13.3 Å². The van der Waals surface area contributed by atoms with E-state index in [0.717, 1.165) is 6.42 Å². The fourth-order valence-electron chi connectivity index (χ4n) is 0.970. The van der Waals surface area contributed by atoms with Crippen molar-refractivity contribution < 1.29 is 9.72 Å². The second-order valence-corrected chi connectivity index (χ2v) is 2.82. The number of hydrogen-bond acceptors (Lipinski definition) is 4. The van der Waals surface area contributed by atoms with E-state index in [0.29, 0.717) is 12.3 Å². The van der Waals surface area contributed by atoms with Gasteiger partial charge in [0.15, 0.2) is 0 Å². The first-order chi connectivity index (χ1) is 6.00. The number of carbonyl (C=O) groups excluding carboxylic acids is 1. The molecule has 0 amide bonds. The molecule has 5 heteroatoms. The Balaban J connectivity index is 4.55. The first-order valence-electron chi connectivity index (χ1n) is 4.15. The van der Waals surface area contributed by atoms with Crippen molar-refractivity contribution in [3.8, 4) is 0 Å². The number of ketones is 1. The monoisotopic (exact) mass is 186 g/mol. The second-order valence-electron chi connectivity index (χ2n) is 2.82. The van der Waals surface area contributed by atoms with Crippen LogP contribution in [0.3, 0.4) is 0 Å². The van der Waals surface area contributed by atoms with Gasteiger partial charge >= 0.3 is 6.04 Å². The molecule has 0 rings (SSSR count). The summed E-state index contributed by atoms with van der Waals surface area (Å²) in [5, 5.41) is 10.4. The fourth-order valence-corrected chi connectivity index (χ4v) is 0.970. The molecule has 0 aliphatic rings. The number of carbonyl (C=O) groups is 1. The second kappa shape index (κ2) is 5.40. The molecule has 0 aliphatic carbocycles. The molecule has 0 bridgehead atoms. The molecule has 0 fully saturated rings. The first-order valence-corrected chi connectivity index (χ1v) is 4.15. The zero-order valence-electron chi connectivity index (χ0n) is 8.11. The van der Waals surface area contributed by atoms with Gasteiger partial charge in [-0.25, -0.2) is 0 Å². The molecule has 0 heterocycles. The van der Waals surface area contributed by atoms with Crippen molar-refractivity contribution in [2.45, 2.75) is 33.2 Å². The average molecular weight is 186 g/mol. The first kappa shape index (κ1) is 11.7. The van der Waals surface area contributed by atoms with Crippen LogP contribution in [0, 0.1) is 10.1 Å². The van der Waals surface area contributed by atoms with Gasteiger partial charge in [0.2, 0.25) is 5.78 Å². The number of hydrogen-bond donors (Lipinski definition) is 0. The summed E-state index contributed by atoms with van der Waals surface area (Å²) >= 11 is 0. The Hall–Kier alpha value is -1.26. The van der Waals surface area contributed by atoms with E-state index in [-0.39, 0.29) is 0 Å². The van der Waals surface area contributed by atoms with Crippen molar-refractivity contribution in [3.05, 3.63) is 10.1 Å². The lowest BCUT2D eigenvalue weighted by molar-refractivity contribution is -0.488. The van der Waals surface area contributed by atoms with E-state index in [2.05, 4.69) is 4.99 Å². The summed E-state index contributed by atoms with van der Waals surface area (Å²) in [4.78, 5) is 24.7. The molecule has 1 atom stereocenters. The summed E-state index contributed by atoms with van der Waals surface area (Å²) in [6.07, 6.45) is 0.819. The van der Waals surface area contributed by atoms with E-state index in [4.69, 9.17) is 0 Å². The SMILES string of the molecule is CCCN=C(C)C(C(C)=O)[N+](=O)[O-]. The van der Waals surface area contributed by atoms with E-state index >= 15 is 0 Å². The highest BCUT2D eigenvalue weighted by molar-refractivity contribution is 6.05. The van der Waals surface area contributed by atoms with Crippen molar-refractivity contribution >= 4 is 11.5 Å². The molecule has 74 valence electrons. The highest BCUT2D eigenvalue weighted by Gasteiger charge is 2.28. The third kappa shape index (κ3) is 3.78. The predicted molar refractivity (Wildman–Crippen MR) is 49.7 cm³/mol. The van der Waals surface area contributed by atoms with E-state index in [1.54, 1.807) is 0 Å². The molecule has 5 nitrogen and oxygen atoms in total. The number of Topliss-reactive ketones (excluding diaryl/α,β-unsaturated/α-hetero) is 1. The Labute approximate surface area is 77.0 Å². The van der Waals surface area contributed by atoms with Gasteiger partial charge < -0.3 is 0 Å². The quantitative estimate of drug-likeness (QED) is 0.366. The molecule has 0 spiro atoms. The summed E-state index contributed by atoms with van der Waals surface area (Å²) in [5.74, 6) is -0.470. The zero-order chi connectivity index (χ0) is 10.4. The Morgan fingerprint density at radius 3 is 2.38 bits per heavy atom. The molecule has 0 saturated heterocycles. The number of nitrogens with zero attached hydrogens (tertiary/aromatic N) is 2. The topological polar surface area (TPSA) is 72.6 Å². The van der Waals surface area contributed by atoms with Crippen molar-refractivity contribution in [1.29, 1.82) is 0 Å². The Morgan fingerprint density at radius 1 is 1.54 bits per heavy atom. The van der Waals surface area contributed by atoms with Crippen molar-refractivity contribution in [1.82, 2.24) is 0 Å². The molecule has 0 N–H and O–H groups in total. The highest BCUT2D eigenvalue weighted by atomic mass is 16.6. The van der Waals surface area contributed by atoms with Crippen LogP contribution in [0.15, 0.2) is 4.99 Å². The Morgan fingerprint density at radius 2 is 2.08 bits per heavy atom. The van der Waals surface area contributed by atoms with Crippen LogP contribution in [-0.2, 0) is 4.79 Å². The van der Waals surface area contributed by atoms with Crippen LogP contribution in [0.25, 0.3) is 0 Å². The van der Waals surface area contributed by atoms with E-state index in [1.165, 1.54) is 13.8 Å². The molecule has 1 unspecified atom stereocenters. The molecule has 0 aromatic rings. The third-order valence-corrected chi connectivity index (χ3v) is 1.58. The number of aliphatic imine (C=N–C) groups is 1. The molecular formula is C8H14N2O3. The van der Waals surface area contributed by atoms with Crippen LogP contribution in [-0.4, -0.2) is 29.0 Å². The maximum absolute atomic E-state index is 10.9. The van der Waals surface area contributed by atoms with Gasteiger partial charge in [-0.3, -0.25) is 19.9 Å². The minimum Gasteiger partial charge on any atom is -0.292 e. The molecule has 0 aliphatic heterocycles. The van der Waals surface area contributed by atoms with Crippen LogP contribution < -0.4 is 0 Å². The van der Waals surface area contributed by atoms with Gasteiger partial charge in [-0.1, -0.05) is 6.92 Å². The Kier molecular flexibility index (Phi) is 4.87. The fraction of sp³-hybridized carbons (Fsp3) is 0.750. The maximum Gasteiger partial charge on any atom is 0.307 e. The van der Waals surface area contributed by atoms with Gasteiger partial charge in [0.1, 0.15) is 0 Å². The van der Waals surface area contributed by atoms with Gasteiger partial charge in [0, 0.05) is 18.4 Å². The Bertz CT molecular complexity index is 222. The van der Waals surface area contributed by atoms with Gasteiger partial charge in [-0.2, -0.15) is 0 Å². The molecule has 0 radical (unpaired) electrons. The zero-order valence-corrected chi connectivity index (χ0v) is 8.11. The highest BCUT2D eigenvalue weighted by Crippen LogP contribution is 1.97. The largest absolute Gasteiger partial charge is 0.307 e. The van der Waals surface area contributed by atoms with E-state index < -0.39 is 16.7 Å². The lowest BCUT2D eigenvalue weighted by atomic mass is 10.1. The summed E-state index contributed by atoms with van der Waals surface area (Å²) in [7, 11) is 0. The van der Waals surface area contributed by atoms with Crippen LogP contribution in [0.1, 0.15) is 27.2 Å². The minimum atomic E-state index is -1.26. The summed E-state index contributed by atoms with van der Waals surface area (Å²) in [6.45, 7) is 5.18. The van der Waals surface area contributed by atoms with Gasteiger partial charge in [0.05, 0.1) is 5.71 Å². The van der Waals surface area contributed by atoms with Crippen LogP contribution in [0.5, 0.6) is 0 Å². The lowest BCUT2D eigenvalue weighted by Gasteiger charge is -2.04. The molecule has 13 heavy (non-hydrogen) atoms. The summed E-state index contributed by atoms with van der Waals surface area (Å²) in [5.41, 5.74) is 0.291. The van der Waals surface area contributed by atoms with Crippen LogP contribution in [0.4, 0.5) is 0 Å². The van der Waals surface area contributed by atoms with E-state index in [9.17, 15) is 14.9 Å². The maximum atomic E-state index is 10.9. The van der Waals surface area contributed by atoms with Crippen molar-refractivity contribution in [2.24, 2.45) is 4.99 Å². The van der Waals surface area contributed by atoms with Crippen LogP contribution >= 0.6 is 0 Å². The average Bonchev–Trinajstić information content (AvgIpc) is 1.99. The summed E-state index contributed by atoms with van der Waals surface area (Å²) in [6, 6.07) is -1.26. The third-order valence-electron chi connectivity index (χ3n) is 1.58. The predicted octanol–water partition coefficient (Wildman–Crippen LogP) is 1.09. The van der Waals surface area contributed by atoms with Gasteiger partial charge in [-0.15, -0.1) is 0 Å². The van der Waals surface area contributed by atoms with Gasteiger partial charge in [0.25, 0.3) is 0 Å². The standard InChI is InChI=1S/C8H14N2O3/c1-4-5-9-6(2)8(7(3)11)10(12)13/h8H,4-5H2,1-3H3. The van der Waals surface area contributed by atoms with Crippen molar-refractivity contribution in [2.75, 3.05) is 6.54 Å². The number of rotatable bonds is 5. The molecule has 0 saturated carbocycles. The minimum absolute atomic E-state index is 0.291. The molecular weight excluding hydrogens is 172 g/mol.